The molecule has 0 radical (unpaired) electrons. The van der Waals surface area contributed by atoms with E-state index in [-0.39, 0.29) is 4.90 Å². The van der Waals surface area contributed by atoms with Crippen molar-refractivity contribution < 1.29 is 8.42 Å². The molecule has 0 unspecified atom stereocenters. The second-order valence-corrected chi connectivity index (χ2v) is 8.00. The zero-order valence-corrected chi connectivity index (χ0v) is 14.0. The Bertz CT molecular complexity index is 884. The minimum atomic E-state index is -3.59. The molecule has 0 atom stereocenters. The largest absolute Gasteiger partial charge is 0.241 e. The average molecular weight is 352 g/mol. The zero-order chi connectivity index (χ0) is 15.6. The van der Waals surface area contributed by atoms with Crippen molar-refractivity contribution in [1.82, 2.24) is 4.72 Å². The van der Waals surface area contributed by atoms with Crippen molar-refractivity contribution in [3.05, 3.63) is 63.8 Å². The van der Waals surface area contributed by atoms with E-state index >= 15 is 0 Å². The van der Waals surface area contributed by atoms with Crippen LogP contribution in [0.2, 0.25) is 5.02 Å². The SMILES string of the molecule is O=S(=O)(NCCc1cccs1)c1cccc2cccc(Cl)c12. The lowest BCUT2D eigenvalue weighted by Gasteiger charge is -2.10. The van der Waals surface area contributed by atoms with E-state index in [2.05, 4.69) is 4.72 Å². The first-order chi connectivity index (χ1) is 10.6. The number of hydrogen-bond acceptors (Lipinski definition) is 3. The van der Waals surface area contributed by atoms with Gasteiger partial charge in [0, 0.05) is 21.8 Å². The van der Waals surface area contributed by atoms with Crippen LogP contribution in [0.5, 0.6) is 0 Å². The minimum Gasteiger partial charge on any atom is -0.211 e. The molecule has 2 aromatic carbocycles. The van der Waals surface area contributed by atoms with Crippen molar-refractivity contribution in [2.24, 2.45) is 0 Å². The van der Waals surface area contributed by atoms with E-state index < -0.39 is 10.0 Å². The van der Waals surface area contributed by atoms with E-state index in [4.69, 9.17) is 11.6 Å². The van der Waals surface area contributed by atoms with Crippen molar-refractivity contribution >= 4 is 43.7 Å². The highest BCUT2D eigenvalue weighted by molar-refractivity contribution is 7.89. The summed E-state index contributed by atoms with van der Waals surface area (Å²) in [5.41, 5.74) is 0. The van der Waals surface area contributed by atoms with Gasteiger partial charge >= 0.3 is 0 Å². The summed E-state index contributed by atoms with van der Waals surface area (Å²) in [7, 11) is -3.59. The maximum absolute atomic E-state index is 12.6. The van der Waals surface area contributed by atoms with E-state index in [0.717, 1.165) is 10.3 Å². The molecular weight excluding hydrogens is 338 g/mol. The molecule has 0 amide bonds. The van der Waals surface area contributed by atoms with Crippen LogP contribution < -0.4 is 4.72 Å². The fraction of sp³-hybridized carbons (Fsp3) is 0.125. The normalized spacial score (nSPS) is 11.9. The molecule has 0 saturated heterocycles. The minimum absolute atomic E-state index is 0.224. The van der Waals surface area contributed by atoms with E-state index in [9.17, 15) is 8.42 Å². The van der Waals surface area contributed by atoms with Crippen molar-refractivity contribution in [2.45, 2.75) is 11.3 Å². The number of fused-ring (bicyclic) bond motifs is 1. The van der Waals surface area contributed by atoms with Crippen LogP contribution in [-0.4, -0.2) is 15.0 Å². The van der Waals surface area contributed by atoms with E-state index in [0.29, 0.717) is 23.4 Å². The molecule has 0 aliphatic rings. The second-order valence-electron chi connectivity index (χ2n) is 4.82. The predicted octanol–water partition coefficient (Wildman–Crippen LogP) is 4.08. The van der Waals surface area contributed by atoms with Crippen LogP contribution in [0.15, 0.2) is 58.8 Å². The number of nitrogens with one attached hydrogen (secondary N) is 1. The van der Waals surface area contributed by atoms with Gasteiger partial charge in [0.25, 0.3) is 0 Å². The number of rotatable bonds is 5. The Morgan fingerprint density at radius 3 is 2.55 bits per heavy atom. The molecule has 1 heterocycles. The van der Waals surface area contributed by atoms with Crippen LogP contribution in [0.3, 0.4) is 0 Å². The molecule has 3 rings (SSSR count). The number of benzene rings is 2. The Balaban J connectivity index is 1.89. The van der Waals surface area contributed by atoms with Gasteiger partial charge in [-0.1, -0.05) is 41.9 Å². The van der Waals surface area contributed by atoms with Crippen LogP contribution in [0.4, 0.5) is 0 Å². The first-order valence-electron chi connectivity index (χ1n) is 6.77. The molecule has 3 nitrogen and oxygen atoms in total. The van der Waals surface area contributed by atoms with Crippen LogP contribution in [0.1, 0.15) is 4.88 Å². The molecule has 0 aliphatic heterocycles. The molecule has 0 spiro atoms. The van der Waals surface area contributed by atoms with Crippen molar-refractivity contribution in [3.8, 4) is 0 Å². The van der Waals surface area contributed by atoms with Crippen LogP contribution in [0, 0.1) is 0 Å². The van der Waals surface area contributed by atoms with Crippen LogP contribution in [0.25, 0.3) is 10.8 Å². The molecule has 1 N–H and O–H groups in total. The summed E-state index contributed by atoms with van der Waals surface area (Å²) >= 11 is 7.81. The number of sulfonamides is 1. The second kappa shape index (κ2) is 6.38. The predicted molar refractivity (Wildman–Crippen MR) is 92.2 cm³/mol. The summed E-state index contributed by atoms with van der Waals surface area (Å²) in [6.07, 6.45) is 0.676. The Labute approximate surface area is 138 Å². The Morgan fingerprint density at radius 2 is 1.82 bits per heavy atom. The molecule has 0 bridgehead atoms. The van der Waals surface area contributed by atoms with Gasteiger partial charge < -0.3 is 0 Å². The van der Waals surface area contributed by atoms with Gasteiger partial charge in [0.1, 0.15) is 0 Å². The number of halogens is 1. The third kappa shape index (κ3) is 3.17. The zero-order valence-electron chi connectivity index (χ0n) is 11.6. The Kier molecular flexibility index (Phi) is 4.49. The molecule has 6 heteroatoms. The van der Waals surface area contributed by atoms with Gasteiger partial charge in [-0.2, -0.15) is 0 Å². The first kappa shape index (κ1) is 15.5. The van der Waals surface area contributed by atoms with Gasteiger partial charge in [0.05, 0.1) is 4.90 Å². The summed E-state index contributed by atoms with van der Waals surface area (Å²) < 4.78 is 27.8. The lowest BCUT2D eigenvalue weighted by molar-refractivity contribution is 0.583. The van der Waals surface area contributed by atoms with Gasteiger partial charge in [-0.15, -0.1) is 11.3 Å². The molecule has 114 valence electrons. The van der Waals surface area contributed by atoms with Crippen molar-refractivity contribution in [2.75, 3.05) is 6.54 Å². The first-order valence-corrected chi connectivity index (χ1v) is 9.51. The summed E-state index contributed by atoms with van der Waals surface area (Å²) in [4.78, 5) is 1.38. The van der Waals surface area contributed by atoms with Gasteiger partial charge in [-0.05, 0) is 35.4 Å². The smallest absolute Gasteiger partial charge is 0.211 e. The quantitative estimate of drug-likeness (QED) is 0.753. The standard InChI is InChI=1S/C16H14ClNO2S2/c17-14-7-1-4-12-5-2-8-15(16(12)14)22(19,20)18-10-9-13-6-3-11-21-13/h1-8,11,18H,9-10H2. The molecule has 22 heavy (non-hydrogen) atoms. The Hall–Kier alpha value is -1.40. The lowest BCUT2D eigenvalue weighted by atomic mass is 10.1. The number of hydrogen-bond donors (Lipinski definition) is 1. The van der Waals surface area contributed by atoms with E-state index in [1.807, 2.05) is 35.7 Å². The summed E-state index contributed by atoms with van der Waals surface area (Å²) in [6, 6.07) is 14.5. The highest BCUT2D eigenvalue weighted by Crippen LogP contribution is 2.29. The third-order valence-electron chi connectivity index (χ3n) is 3.35. The fourth-order valence-corrected chi connectivity index (χ4v) is 4.66. The summed E-state index contributed by atoms with van der Waals surface area (Å²) in [5.74, 6) is 0. The fourth-order valence-electron chi connectivity index (χ4n) is 2.33. The average Bonchev–Trinajstić information content (AvgIpc) is 3.00. The maximum Gasteiger partial charge on any atom is 0.241 e. The molecule has 0 saturated carbocycles. The molecule has 1 aromatic heterocycles. The van der Waals surface area contributed by atoms with E-state index in [1.165, 1.54) is 0 Å². The molecule has 3 aromatic rings. The van der Waals surface area contributed by atoms with Gasteiger partial charge in [-0.25, -0.2) is 13.1 Å². The topological polar surface area (TPSA) is 46.2 Å². The Morgan fingerprint density at radius 1 is 1.05 bits per heavy atom. The van der Waals surface area contributed by atoms with Gasteiger partial charge in [-0.3, -0.25) is 0 Å². The van der Waals surface area contributed by atoms with E-state index in [1.54, 1.807) is 29.5 Å². The number of thiophene rings is 1. The van der Waals surface area contributed by atoms with Crippen LogP contribution >= 0.6 is 22.9 Å². The van der Waals surface area contributed by atoms with Crippen molar-refractivity contribution in [1.29, 1.82) is 0 Å². The summed E-state index contributed by atoms with van der Waals surface area (Å²) in [5, 5.41) is 3.80. The lowest BCUT2D eigenvalue weighted by Crippen LogP contribution is -2.26. The highest BCUT2D eigenvalue weighted by atomic mass is 35.5. The third-order valence-corrected chi connectivity index (χ3v) is 6.10. The molecular formula is C16H14ClNO2S2. The molecule has 0 fully saturated rings. The maximum atomic E-state index is 12.6. The summed E-state index contributed by atoms with van der Waals surface area (Å²) in [6.45, 7) is 0.365. The monoisotopic (exact) mass is 351 g/mol. The van der Waals surface area contributed by atoms with Crippen molar-refractivity contribution in [3.63, 3.8) is 0 Å². The van der Waals surface area contributed by atoms with Gasteiger partial charge in [0.2, 0.25) is 10.0 Å². The highest BCUT2D eigenvalue weighted by Gasteiger charge is 2.18. The van der Waals surface area contributed by atoms with Gasteiger partial charge in [0.15, 0.2) is 0 Å². The van der Waals surface area contributed by atoms with Crippen LogP contribution in [-0.2, 0) is 16.4 Å². The molecule has 0 aliphatic carbocycles.